The van der Waals surface area contributed by atoms with Crippen molar-refractivity contribution in [1.29, 1.82) is 0 Å². The summed E-state index contributed by atoms with van der Waals surface area (Å²) >= 11 is 0. The van der Waals surface area contributed by atoms with Crippen LogP contribution in [-0.2, 0) is 0 Å². The second-order valence-corrected chi connectivity index (χ2v) is 2.98. The average Bonchev–Trinajstić information content (AvgIpc) is 2.07. The Hall–Kier alpha value is -1.08. The first kappa shape index (κ1) is 9.01. The van der Waals surface area contributed by atoms with E-state index < -0.39 is 0 Å². The van der Waals surface area contributed by atoms with E-state index in [-0.39, 0.29) is 6.04 Å². The highest BCUT2D eigenvalue weighted by atomic mass is 14.9. The molecule has 12 heavy (non-hydrogen) atoms. The molecular weight excluding hydrogens is 146 g/mol. The van der Waals surface area contributed by atoms with Gasteiger partial charge in [0.1, 0.15) is 0 Å². The van der Waals surface area contributed by atoms with Crippen LogP contribution in [0.1, 0.15) is 18.5 Å². The van der Waals surface area contributed by atoms with Gasteiger partial charge in [-0.2, -0.15) is 0 Å². The summed E-state index contributed by atoms with van der Waals surface area (Å²) in [6, 6.07) is 10.6. The van der Waals surface area contributed by atoms with Gasteiger partial charge in [0.25, 0.3) is 0 Å². The number of hydrogen-bond acceptors (Lipinski definition) is 1. The van der Waals surface area contributed by atoms with E-state index in [0.717, 1.165) is 5.57 Å². The fourth-order valence-electron chi connectivity index (χ4n) is 1.34. The van der Waals surface area contributed by atoms with Crippen molar-refractivity contribution >= 4 is 0 Å². The Balaban J connectivity index is 2.88. The van der Waals surface area contributed by atoms with Crippen molar-refractivity contribution in [2.75, 3.05) is 7.05 Å². The van der Waals surface area contributed by atoms with Crippen molar-refractivity contribution in [3.63, 3.8) is 0 Å². The third-order valence-electron chi connectivity index (χ3n) is 1.91. The Bertz CT molecular complexity index is 251. The molecule has 0 radical (unpaired) electrons. The minimum absolute atomic E-state index is 0.284. The van der Waals surface area contributed by atoms with Crippen molar-refractivity contribution in [2.45, 2.75) is 13.0 Å². The molecule has 0 heterocycles. The third kappa shape index (κ3) is 1.95. The molecule has 0 aromatic heterocycles. The van der Waals surface area contributed by atoms with Crippen LogP contribution in [0.3, 0.4) is 0 Å². The van der Waals surface area contributed by atoms with Crippen LogP contribution in [0.15, 0.2) is 42.5 Å². The largest absolute Gasteiger partial charge is 0.310 e. The van der Waals surface area contributed by atoms with E-state index in [1.807, 2.05) is 32.2 Å². The fourth-order valence-corrected chi connectivity index (χ4v) is 1.34. The Morgan fingerprint density at radius 3 is 2.33 bits per heavy atom. The van der Waals surface area contributed by atoms with E-state index in [1.165, 1.54) is 5.56 Å². The number of hydrogen-bond donors (Lipinski definition) is 1. The van der Waals surface area contributed by atoms with E-state index in [2.05, 4.69) is 24.0 Å². The van der Waals surface area contributed by atoms with Crippen LogP contribution >= 0.6 is 0 Å². The summed E-state index contributed by atoms with van der Waals surface area (Å²) in [6.07, 6.45) is 0. The maximum atomic E-state index is 3.94. The standard InChI is InChI=1S/C11H15N/c1-9(2)11(12-3)10-7-5-4-6-8-10/h4-8,11-12H,1H2,2-3H3/t11-/m0/s1. The van der Waals surface area contributed by atoms with Gasteiger partial charge in [-0.05, 0) is 19.5 Å². The van der Waals surface area contributed by atoms with Crippen molar-refractivity contribution in [1.82, 2.24) is 5.32 Å². The molecule has 1 N–H and O–H groups in total. The summed E-state index contributed by atoms with van der Waals surface area (Å²) in [4.78, 5) is 0. The molecule has 0 aliphatic heterocycles. The second-order valence-electron chi connectivity index (χ2n) is 2.98. The SMILES string of the molecule is C=C(C)[C@H](NC)c1ccccc1. The van der Waals surface area contributed by atoms with Gasteiger partial charge in [0.15, 0.2) is 0 Å². The molecule has 64 valence electrons. The van der Waals surface area contributed by atoms with E-state index in [0.29, 0.717) is 0 Å². The normalized spacial score (nSPS) is 12.5. The first-order chi connectivity index (χ1) is 5.75. The van der Waals surface area contributed by atoms with Crippen LogP contribution in [0.25, 0.3) is 0 Å². The van der Waals surface area contributed by atoms with Crippen LogP contribution in [0, 0.1) is 0 Å². The zero-order chi connectivity index (χ0) is 8.97. The summed E-state index contributed by atoms with van der Waals surface area (Å²) < 4.78 is 0. The Kier molecular flexibility index (Phi) is 3.06. The molecule has 1 nitrogen and oxygen atoms in total. The van der Waals surface area contributed by atoms with Gasteiger partial charge in [-0.1, -0.05) is 42.5 Å². The van der Waals surface area contributed by atoms with Gasteiger partial charge in [-0.15, -0.1) is 0 Å². The van der Waals surface area contributed by atoms with Crippen LogP contribution in [0.4, 0.5) is 0 Å². The molecule has 1 aromatic carbocycles. The number of benzene rings is 1. The molecule has 0 fully saturated rings. The Labute approximate surface area is 74.1 Å². The lowest BCUT2D eigenvalue weighted by atomic mass is 10.0. The van der Waals surface area contributed by atoms with Gasteiger partial charge in [-0.25, -0.2) is 0 Å². The highest BCUT2D eigenvalue weighted by Crippen LogP contribution is 2.18. The Morgan fingerprint density at radius 1 is 1.33 bits per heavy atom. The molecule has 1 rings (SSSR count). The molecule has 0 bridgehead atoms. The van der Waals surface area contributed by atoms with E-state index >= 15 is 0 Å². The molecule has 1 atom stereocenters. The van der Waals surface area contributed by atoms with Gasteiger partial charge in [-0.3, -0.25) is 0 Å². The molecule has 0 saturated carbocycles. The molecule has 0 saturated heterocycles. The van der Waals surface area contributed by atoms with Crippen LogP contribution < -0.4 is 5.32 Å². The lowest BCUT2D eigenvalue weighted by molar-refractivity contribution is 0.680. The molecule has 0 aliphatic carbocycles. The Morgan fingerprint density at radius 2 is 1.92 bits per heavy atom. The average molecular weight is 161 g/mol. The van der Waals surface area contributed by atoms with E-state index in [1.54, 1.807) is 0 Å². The maximum Gasteiger partial charge on any atom is 0.0528 e. The topological polar surface area (TPSA) is 12.0 Å². The molecule has 0 aliphatic rings. The molecule has 0 amide bonds. The van der Waals surface area contributed by atoms with Crippen molar-refractivity contribution in [3.05, 3.63) is 48.0 Å². The minimum Gasteiger partial charge on any atom is -0.310 e. The monoisotopic (exact) mass is 161 g/mol. The van der Waals surface area contributed by atoms with Gasteiger partial charge < -0.3 is 5.32 Å². The van der Waals surface area contributed by atoms with Crippen molar-refractivity contribution in [3.8, 4) is 0 Å². The predicted octanol–water partition coefficient (Wildman–Crippen LogP) is 2.52. The van der Waals surface area contributed by atoms with E-state index in [9.17, 15) is 0 Å². The molecule has 0 unspecified atom stereocenters. The number of likely N-dealkylation sites (N-methyl/N-ethyl adjacent to an activating group) is 1. The quantitative estimate of drug-likeness (QED) is 0.672. The number of rotatable bonds is 3. The summed E-state index contributed by atoms with van der Waals surface area (Å²) in [7, 11) is 1.95. The highest BCUT2D eigenvalue weighted by molar-refractivity contribution is 5.25. The van der Waals surface area contributed by atoms with Gasteiger partial charge >= 0.3 is 0 Å². The summed E-state index contributed by atoms with van der Waals surface area (Å²) in [5.41, 5.74) is 2.41. The van der Waals surface area contributed by atoms with Crippen molar-refractivity contribution in [2.24, 2.45) is 0 Å². The van der Waals surface area contributed by atoms with Gasteiger partial charge in [0.05, 0.1) is 6.04 Å². The summed E-state index contributed by atoms with van der Waals surface area (Å²) in [5, 5.41) is 3.22. The van der Waals surface area contributed by atoms with Gasteiger partial charge in [0, 0.05) is 0 Å². The minimum atomic E-state index is 0.284. The van der Waals surface area contributed by atoms with Crippen molar-refractivity contribution < 1.29 is 0 Å². The third-order valence-corrected chi connectivity index (χ3v) is 1.91. The van der Waals surface area contributed by atoms with Crippen LogP contribution in [0.2, 0.25) is 0 Å². The van der Waals surface area contributed by atoms with Crippen LogP contribution in [-0.4, -0.2) is 7.05 Å². The number of nitrogens with one attached hydrogen (secondary N) is 1. The molecule has 1 heteroatoms. The lowest BCUT2D eigenvalue weighted by Gasteiger charge is -2.15. The smallest absolute Gasteiger partial charge is 0.0528 e. The highest BCUT2D eigenvalue weighted by Gasteiger charge is 2.07. The van der Waals surface area contributed by atoms with Crippen LogP contribution in [0.5, 0.6) is 0 Å². The first-order valence-electron chi connectivity index (χ1n) is 4.13. The second kappa shape index (κ2) is 4.07. The lowest BCUT2D eigenvalue weighted by Crippen LogP contribution is -2.16. The summed E-state index contributed by atoms with van der Waals surface area (Å²) in [6.45, 7) is 5.98. The van der Waals surface area contributed by atoms with Gasteiger partial charge in [0.2, 0.25) is 0 Å². The first-order valence-corrected chi connectivity index (χ1v) is 4.13. The molecule has 1 aromatic rings. The maximum absolute atomic E-state index is 3.94. The summed E-state index contributed by atoms with van der Waals surface area (Å²) in [5.74, 6) is 0. The zero-order valence-electron chi connectivity index (χ0n) is 7.67. The fraction of sp³-hybridized carbons (Fsp3) is 0.273. The molecule has 0 spiro atoms. The molecular formula is C11H15N. The predicted molar refractivity (Wildman–Crippen MR) is 53.1 cm³/mol. The van der Waals surface area contributed by atoms with E-state index in [4.69, 9.17) is 0 Å². The zero-order valence-corrected chi connectivity index (χ0v) is 7.67.